The van der Waals surface area contributed by atoms with Gasteiger partial charge in [0, 0.05) is 18.8 Å². The first kappa shape index (κ1) is 7.73. The lowest BCUT2D eigenvalue weighted by Crippen LogP contribution is -2.28. The number of aromatic nitrogens is 2. The highest BCUT2D eigenvalue weighted by atomic mass is 16.2. The van der Waals surface area contributed by atoms with Crippen LogP contribution in [0.15, 0.2) is 6.20 Å². The second-order valence-corrected chi connectivity index (χ2v) is 3.91. The van der Waals surface area contributed by atoms with E-state index in [4.69, 9.17) is 5.73 Å². The second kappa shape index (κ2) is 2.05. The Labute approximate surface area is 80.9 Å². The average molecular weight is 190 g/mol. The Kier molecular flexibility index (Phi) is 1.13. The van der Waals surface area contributed by atoms with Gasteiger partial charge in [0.1, 0.15) is 5.82 Å². The number of carbonyl (C=O) groups excluding carboxylic acids is 1. The maximum Gasteiger partial charge on any atom is 0.238 e. The van der Waals surface area contributed by atoms with Gasteiger partial charge >= 0.3 is 0 Å². The van der Waals surface area contributed by atoms with E-state index in [2.05, 4.69) is 9.97 Å². The number of nitrogens with two attached hydrogens (primary N) is 1. The molecule has 0 radical (unpaired) electrons. The maximum atomic E-state index is 11.9. The Morgan fingerprint density at radius 1 is 1.57 bits per heavy atom. The molecule has 14 heavy (non-hydrogen) atoms. The van der Waals surface area contributed by atoms with Crippen LogP contribution >= 0.6 is 0 Å². The molecule has 1 aromatic rings. The molecule has 0 atom stereocenters. The van der Waals surface area contributed by atoms with E-state index in [1.54, 1.807) is 18.1 Å². The molecule has 0 aromatic carbocycles. The van der Waals surface area contributed by atoms with Crippen LogP contribution in [0.1, 0.15) is 18.4 Å². The molecule has 1 aliphatic heterocycles. The van der Waals surface area contributed by atoms with Crippen LogP contribution in [0.25, 0.3) is 0 Å². The third kappa shape index (κ3) is 0.685. The van der Waals surface area contributed by atoms with Crippen LogP contribution < -0.4 is 10.6 Å². The number of nitrogens with zero attached hydrogens (tertiary/aromatic N) is 3. The topological polar surface area (TPSA) is 72.1 Å². The Balaban J connectivity index is 2.26. The number of anilines is 2. The fourth-order valence-corrected chi connectivity index (χ4v) is 2.12. The number of amides is 1. The van der Waals surface area contributed by atoms with Gasteiger partial charge in [-0.25, -0.2) is 4.98 Å². The van der Waals surface area contributed by atoms with Crippen LogP contribution in [-0.4, -0.2) is 22.9 Å². The van der Waals surface area contributed by atoms with Crippen molar-refractivity contribution in [2.45, 2.75) is 18.3 Å². The Hall–Kier alpha value is -1.65. The third-order valence-corrected chi connectivity index (χ3v) is 3.08. The van der Waals surface area contributed by atoms with Crippen LogP contribution in [0.5, 0.6) is 0 Å². The maximum absolute atomic E-state index is 11.9. The second-order valence-electron chi connectivity index (χ2n) is 3.91. The quantitative estimate of drug-likeness (QED) is 0.628. The van der Waals surface area contributed by atoms with E-state index in [9.17, 15) is 4.79 Å². The van der Waals surface area contributed by atoms with Gasteiger partial charge in [-0.1, -0.05) is 0 Å². The highest BCUT2D eigenvalue weighted by molar-refractivity contribution is 6.08. The molecule has 2 heterocycles. The van der Waals surface area contributed by atoms with Crippen molar-refractivity contribution < 1.29 is 4.79 Å². The van der Waals surface area contributed by atoms with Crippen molar-refractivity contribution in [3.8, 4) is 0 Å². The Bertz CT molecular complexity index is 438. The number of likely N-dealkylation sites (N-methyl/N-ethyl adjacent to an activating group) is 1. The summed E-state index contributed by atoms with van der Waals surface area (Å²) in [5.74, 6) is 1.04. The first-order chi connectivity index (χ1) is 6.65. The minimum atomic E-state index is -0.294. The largest absolute Gasteiger partial charge is 0.368 e. The van der Waals surface area contributed by atoms with Gasteiger partial charge in [-0.3, -0.25) is 9.69 Å². The molecule has 0 unspecified atom stereocenters. The lowest BCUT2D eigenvalue weighted by Gasteiger charge is -2.08. The molecule has 1 amide bonds. The van der Waals surface area contributed by atoms with E-state index >= 15 is 0 Å². The summed E-state index contributed by atoms with van der Waals surface area (Å²) in [5.41, 5.74) is 6.14. The number of hydrogen-bond acceptors (Lipinski definition) is 4. The van der Waals surface area contributed by atoms with Gasteiger partial charge in [-0.2, -0.15) is 4.98 Å². The summed E-state index contributed by atoms with van der Waals surface area (Å²) < 4.78 is 0. The van der Waals surface area contributed by atoms with E-state index in [-0.39, 0.29) is 17.3 Å². The monoisotopic (exact) mass is 190 g/mol. The zero-order chi connectivity index (χ0) is 9.92. The predicted molar refractivity (Wildman–Crippen MR) is 50.8 cm³/mol. The highest BCUT2D eigenvalue weighted by Crippen LogP contribution is 2.56. The smallest absolute Gasteiger partial charge is 0.238 e. The number of fused-ring (bicyclic) bond motifs is 2. The molecule has 1 fully saturated rings. The number of rotatable bonds is 0. The van der Waals surface area contributed by atoms with Gasteiger partial charge in [0.2, 0.25) is 11.9 Å². The van der Waals surface area contributed by atoms with Crippen molar-refractivity contribution in [2.75, 3.05) is 17.7 Å². The molecule has 1 spiro atoms. The molecule has 3 rings (SSSR count). The molecule has 1 aliphatic carbocycles. The van der Waals surface area contributed by atoms with Gasteiger partial charge in [-0.05, 0) is 12.8 Å². The fourth-order valence-electron chi connectivity index (χ4n) is 2.12. The van der Waals surface area contributed by atoms with E-state index in [0.717, 1.165) is 18.4 Å². The van der Waals surface area contributed by atoms with Crippen LogP contribution in [0.3, 0.4) is 0 Å². The lowest BCUT2D eigenvalue weighted by molar-refractivity contribution is -0.119. The summed E-state index contributed by atoms with van der Waals surface area (Å²) in [4.78, 5) is 21.5. The van der Waals surface area contributed by atoms with E-state index in [1.807, 2.05) is 0 Å². The zero-order valence-corrected chi connectivity index (χ0v) is 7.82. The summed E-state index contributed by atoms with van der Waals surface area (Å²) in [6.45, 7) is 0. The number of hydrogen-bond donors (Lipinski definition) is 1. The highest BCUT2D eigenvalue weighted by Gasteiger charge is 2.59. The van der Waals surface area contributed by atoms with Gasteiger partial charge in [0.05, 0.1) is 5.41 Å². The molecular formula is C9H10N4O. The number of carbonyl (C=O) groups is 1. The minimum Gasteiger partial charge on any atom is -0.368 e. The number of nitrogen functional groups attached to an aromatic ring is 1. The SMILES string of the molecule is CN1C(=O)C2(CC2)c2cnc(N)nc21. The van der Waals surface area contributed by atoms with Crippen molar-refractivity contribution in [2.24, 2.45) is 0 Å². The summed E-state index contributed by atoms with van der Waals surface area (Å²) >= 11 is 0. The predicted octanol–water partition coefficient (Wildman–Crippen LogP) is 0.0668. The van der Waals surface area contributed by atoms with E-state index in [0.29, 0.717) is 5.82 Å². The lowest BCUT2D eigenvalue weighted by atomic mass is 10.0. The van der Waals surface area contributed by atoms with Crippen LogP contribution in [0, 0.1) is 0 Å². The standard InChI is InChI=1S/C9H10N4O/c1-13-6-5(4-11-8(10)12-6)9(2-3-9)7(13)14/h4H,2-3H2,1H3,(H2,10,11,12). The van der Waals surface area contributed by atoms with Gasteiger partial charge in [0.25, 0.3) is 0 Å². The van der Waals surface area contributed by atoms with Crippen molar-refractivity contribution in [1.82, 2.24) is 9.97 Å². The first-order valence-electron chi connectivity index (χ1n) is 4.56. The van der Waals surface area contributed by atoms with Crippen molar-refractivity contribution in [3.63, 3.8) is 0 Å². The van der Waals surface area contributed by atoms with Crippen molar-refractivity contribution in [1.29, 1.82) is 0 Å². The zero-order valence-electron chi connectivity index (χ0n) is 7.82. The molecule has 1 saturated carbocycles. The Morgan fingerprint density at radius 3 is 2.93 bits per heavy atom. The summed E-state index contributed by atoms with van der Waals surface area (Å²) in [5, 5.41) is 0. The Morgan fingerprint density at radius 2 is 2.29 bits per heavy atom. The molecule has 5 nitrogen and oxygen atoms in total. The molecule has 0 saturated heterocycles. The molecule has 1 aromatic heterocycles. The molecule has 0 bridgehead atoms. The molecule has 2 N–H and O–H groups in total. The average Bonchev–Trinajstić information content (AvgIpc) is 2.93. The summed E-state index contributed by atoms with van der Waals surface area (Å²) in [7, 11) is 1.74. The van der Waals surface area contributed by atoms with Crippen LogP contribution in [0.2, 0.25) is 0 Å². The third-order valence-electron chi connectivity index (χ3n) is 3.08. The van der Waals surface area contributed by atoms with Crippen LogP contribution in [-0.2, 0) is 10.2 Å². The van der Waals surface area contributed by atoms with Crippen LogP contribution in [0.4, 0.5) is 11.8 Å². The first-order valence-corrected chi connectivity index (χ1v) is 4.56. The van der Waals surface area contributed by atoms with Gasteiger partial charge in [0.15, 0.2) is 0 Å². The molecule has 2 aliphatic rings. The molecular weight excluding hydrogens is 180 g/mol. The fraction of sp³-hybridized carbons (Fsp3) is 0.444. The minimum absolute atomic E-state index is 0.132. The van der Waals surface area contributed by atoms with Gasteiger partial charge < -0.3 is 5.73 Å². The van der Waals surface area contributed by atoms with E-state index < -0.39 is 0 Å². The van der Waals surface area contributed by atoms with Crippen molar-refractivity contribution in [3.05, 3.63) is 11.8 Å². The summed E-state index contributed by atoms with van der Waals surface area (Å²) in [6, 6.07) is 0. The van der Waals surface area contributed by atoms with Crippen molar-refractivity contribution >= 4 is 17.7 Å². The summed E-state index contributed by atoms with van der Waals surface area (Å²) in [6.07, 6.45) is 3.51. The molecule has 72 valence electrons. The normalized spacial score (nSPS) is 21.5. The molecule has 5 heteroatoms. The van der Waals surface area contributed by atoms with Gasteiger partial charge in [-0.15, -0.1) is 0 Å². The van der Waals surface area contributed by atoms with E-state index in [1.165, 1.54) is 0 Å².